The SMILES string of the molecule is Cc1cc(C(Br)c2cc(F)ccc2F)ccc1F. The van der Waals surface area contributed by atoms with Crippen LogP contribution in [0.2, 0.25) is 0 Å². The summed E-state index contributed by atoms with van der Waals surface area (Å²) in [6.45, 7) is 1.63. The Morgan fingerprint density at radius 1 is 0.944 bits per heavy atom. The standard InChI is InChI=1S/C14H10BrF3/c1-8-6-9(2-4-12(8)17)14(15)11-7-10(16)3-5-13(11)18/h2-7,14H,1H3. The molecule has 0 aromatic heterocycles. The summed E-state index contributed by atoms with van der Waals surface area (Å²) in [7, 11) is 0. The summed E-state index contributed by atoms with van der Waals surface area (Å²) in [5.74, 6) is -1.33. The maximum Gasteiger partial charge on any atom is 0.128 e. The fraction of sp³-hybridized carbons (Fsp3) is 0.143. The molecule has 2 aromatic rings. The average molecular weight is 315 g/mol. The van der Waals surface area contributed by atoms with Crippen LogP contribution in [0.5, 0.6) is 0 Å². The van der Waals surface area contributed by atoms with E-state index in [-0.39, 0.29) is 11.4 Å². The number of hydrogen-bond acceptors (Lipinski definition) is 0. The number of benzene rings is 2. The van der Waals surface area contributed by atoms with Gasteiger partial charge in [0.15, 0.2) is 0 Å². The van der Waals surface area contributed by atoms with Gasteiger partial charge in [-0.2, -0.15) is 0 Å². The summed E-state index contributed by atoms with van der Waals surface area (Å²) in [5.41, 5.74) is 1.34. The third-order valence-electron chi connectivity index (χ3n) is 2.71. The van der Waals surface area contributed by atoms with E-state index in [1.54, 1.807) is 19.1 Å². The zero-order valence-electron chi connectivity index (χ0n) is 9.55. The van der Waals surface area contributed by atoms with Crippen molar-refractivity contribution in [1.82, 2.24) is 0 Å². The molecule has 0 bridgehead atoms. The van der Waals surface area contributed by atoms with Gasteiger partial charge in [0.1, 0.15) is 17.5 Å². The molecule has 0 amide bonds. The van der Waals surface area contributed by atoms with Crippen LogP contribution >= 0.6 is 15.9 Å². The van der Waals surface area contributed by atoms with Gasteiger partial charge in [-0.25, -0.2) is 13.2 Å². The second-order valence-electron chi connectivity index (χ2n) is 4.04. The third kappa shape index (κ3) is 2.58. The number of rotatable bonds is 2. The Hall–Kier alpha value is -1.29. The highest BCUT2D eigenvalue weighted by atomic mass is 79.9. The molecule has 1 atom stereocenters. The molecule has 0 aliphatic rings. The first kappa shape index (κ1) is 13.1. The molecule has 0 N–H and O–H groups in total. The lowest BCUT2D eigenvalue weighted by atomic mass is 10.0. The second kappa shape index (κ2) is 5.14. The molecule has 0 saturated carbocycles. The van der Waals surface area contributed by atoms with Crippen LogP contribution in [-0.2, 0) is 0 Å². The van der Waals surface area contributed by atoms with Gasteiger partial charge in [-0.3, -0.25) is 0 Å². The van der Waals surface area contributed by atoms with Crippen molar-refractivity contribution in [3.63, 3.8) is 0 Å². The summed E-state index contributed by atoms with van der Waals surface area (Å²) >= 11 is 3.31. The molecule has 0 aliphatic heterocycles. The smallest absolute Gasteiger partial charge is 0.128 e. The summed E-state index contributed by atoms with van der Waals surface area (Å²) < 4.78 is 39.9. The molecule has 4 heteroatoms. The monoisotopic (exact) mass is 314 g/mol. The van der Waals surface area contributed by atoms with E-state index in [9.17, 15) is 13.2 Å². The van der Waals surface area contributed by atoms with Crippen LogP contribution in [0.3, 0.4) is 0 Å². The minimum atomic E-state index is -0.507. The van der Waals surface area contributed by atoms with Gasteiger partial charge >= 0.3 is 0 Å². The molecule has 1 unspecified atom stereocenters. The van der Waals surface area contributed by atoms with E-state index in [1.165, 1.54) is 6.07 Å². The second-order valence-corrected chi connectivity index (χ2v) is 4.95. The highest BCUT2D eigenvalue weighted by Crippen LogP contribution is 2.33. The quantitative estimate of drug-likeness (QED) is 0.692. The van der Waals surface area contributed by atoms with Gasteiger partial charge in [-0.1, -0.05) is 28.1 Å². The maximum absolute atomic E-state index is 13.6. The molecule has 0 nitrogen and oxygen atoms in total. The lowest BCUT2D eigenvalue weighted by Gasteiger charge is -2.13. The third-order valence-corrected chi connectivity index (χ3v) is 3.73. The highest BCUT2D eigenvalue weighted by molar-refractivity contribution is 9.09. The molecule has 0 saturated heterocycles. The van der Waals surface area contributed by atoms with E-state index in [0.717, 1.165) is 18.2 Å². The van der Waals surface area contributed by atoms with E-state index in [1.807, 2.05) is 0 Å². The minimum absolute atomic E-state index is 0.195. The van der Waals surface area contributed by atoms with Crippen molar-refractivity contribution in [2.24, 2.45) is 0 Å². The van der Waals surface area contributed by atoms with Crippen LogP contribution in [0.25, 0.3) is 0 Å². The van der Waals surface area contributed by atoms with Crippen LogP contribution in [0.15, 0.2) is 36.4 Å². The van der Waals surface area contributed by atoms with E-state index < -0.39 is 16.5 Å². The predicted octanol–water partition coefficient (Wildman–Crippen LogP) is 4.90. The zero-order valence-corrected chi connectivity index (χ0v) is 11.1. The summed E-state index contributed by atoms with van der Waals surface area (Å²) in [4.78, 5) is -0.507. The predicted molar refractivity (Wildman–Crippen MR) is 68.3 cm³/mol. The molecule has 18 heavy (non-hydrogen) atoms. The molecule has 0 radical (unpaired) electrons. The van der Waals surface area contributed by atoms with Crippen molar-refractivity contribution in [2.45, 2.75) is 11.8 Å². The molecule has 2 rings (SSSR count). The van der Waals surface area contributed by atoms with Crippen LogP contribution in [0, 0.1) is 24.4 Å². The Kier molecular flexibility index (Phi) is 3.76. The number of alkyl halides is 1. The first-order chi connectivity index (χ1) is 8.49. The molecule has 0 spiro atoms. The van der Waals surface area contributed by atoms with E-state index in [0.29, 0.717) is 11.1 Å². The minimum Gasteiger partial charge on any atom is -0.207 e. The first-order valence-corrected chi connectivity index (χ1v) is 6.25. The lowest BCUT2D eigenvalue weighted by molar-refractivity contribution is 0.588. The molecule has 94 valence electrons. The highest BCUT2D eigenvalue weighted by Gasteiger charge is 2.16. The lowest BCUT2D eigenvalue weighted by Crippen LogP contribution is -1.98. The summed E-state index contributed by atoms with van der Waals surface area (Å²) in [5, 5.41) is 0. The fourth-order valence-corrected chi connectivity index (χ4v) is 2.35. The van der Waals surface area contributed by atoms with Gasteiger partial charge in [0.05, 0.1) is 4.83 Å². The molecular weight excluding hydrogens is 305 g/mol. The molecule has 0 fully saturated rings. The van der Waals surface area contributed by atoms with Crippen molar-refractivity contribution in [1.29, 1.82) is 0 Å². The van der Waals surface area contributed by atoms with Gasteiger partial charge in [0.25, 0.3) is 0 Å². The van der Waals surface area contributed by atoms with Crippen molar-refractivity contribution < 1.29 is 13.2 Å². The fourth-order valence-electron chi connectivity index (χ4n) is 1.71. The van der Waals surface area contributed by atoms with Crippen LogP contribution < -0.4 is 0 Å². The van der Waals surface area contributed by atoms with Crippen molar-refractivity contribution in [2.75, 3.05) is 0 Å². The number of hydrogen-bond donors (Lipinski definition) is 0. The van der Waals surface area contributed by atoms with Crippen molar-refractivity contribution in [3.05, 3.63) is 70.5 Å². The Labute approximate surface area is 112 Å². The Balaban J connectivity index is 2.44. The Morgan fingerprint density at radius 3 is 2.28 bits per heavy atom. The molecule has 0 aliphatic carbocycles. The average Bonchev–Trinajstić information content (AvgIpc) is 2.35. The number of halogens is 4. The van der Waals surface area contributed by atoms with Crippen molar-refractivity contribution >= 4 is 15.9 Å². The van der Waals surface area contributed by atoms with E-state index in [4.69, 9.17) is 0 Å². The van der Waals surface area contributed by atoms with Crippen LogP contribution in [0.4, 0.5) is 13.2 Å². The molecule has 0 heterocycles. The largest absolute Gasteiger partial charge is 0.207 e. The molecular formula is C14H10BrF3. The van der Waals surface area contributed by atoms with Crippen LogP contribution in [0.1, 0.15) is 21.5 Å². The Morgan fingerprint density at radius 2 is 1.61 bits per heavy atom. The summed E-state index contributed by atoms with van der Waals surface area (Å²) in [6.07, 6.45) is 0. The van der Waals surface area contributed by atoms with Gasteiger partial charge in [0.2, 0.25) is 0 Å². The van der Waals surface area contributed by atoms with E-state index >= 15 is 0 Å². The Bertz CT molecular complexity index is 581. The summed E-state index contributed by atoms with van der Waals surface area (Å²) in [6, 6.07) is 7.75. The first-order valence-electron chi connectivity index (χ1n) is 5.34. The van der Waals surface area contributed by atoms with Gasteiger partial charge in [-0.05, 0) is 42.3 Å². The van der Waals surface area contributed by atoms with Crippen LogP contribution in [-0.4, -0.2) is 0 Å². The van der Waals surface area contributed by atoms with Crippen molar-refractivity contribution in [3.8, 4) is 0 Å². The number of aryl methyl sites for hydroxylation is 1. The van der Waals surface area contributed by atoms with Gasteiger partial charge in [0, 0.05) is 5.56 Å². The van der Waals surface area contributed by atoms with Gasteiger partial charge in [-0.15, -0.1) is 0 Å². The zero-order chi connectivity index (χ0) is 13.3. The molecule has 2 aromatic carbocycles. The normalized spacial score (nSPS) is 12.5. The topological polar surface area (TPSA) is 0 Å². The maximum atomic E-state index is 13.6. The van der Waals surface area contributed by atoms with Gasteiger partial charge < -0.3 is 0 Å². The van der Waals surface area contributed by atoms with E-state index in [2.05, 4.69) is 15.9 Å².